The third kappa shape index (κ3) is 4.21. The van der Waals surface area contributed by atoms with E-state index in [9.17, 15) is 14.7 Å². The van der Waals surface area contributed by atoms with Crippen molar-refractivity contribution in [2.75, 3.05) is 0 Å². The largest absolute Gasteiger partial charge is 0.508 e. The first-order chi connectivity index (χ1) is 12.0. The van der Waals surface area contributed by atoms with Gasteiger partial charge in [0.15, 0.2) is 0 Å². The standard InChI is InChI=1S/C20H25NO4/c1-13-16-9-8-15(22)12-18(16)25-20(24)17(13)10-11-19(23)21-14-6-4-2-3-5-7-14/h8-9,12,14,22H,2-7,10-11H2,1H3,(H,21,23). The summed E-state index contributed by atoms with van der Waals surface area (Å²) in [4.78, 5) is 24.5. The Morgan fingerprint density at radius 2 is 1.96 bits per heavy atom. The van der Waals surface area contributed by atoms with Gasteiger partial charge in [0.2, 0.25) is 5.91 Å². The Bertz CT molecular complexity index is 816. The summed E-state index contributed by atoms with van der Waals surface area (Å²) in [6, 6.07) is 5.01. The lowest BCUT2D eigenvalue weighted by molar-refractivity contribution is -0.121. The van der Waals surface area contributed by atoms with Crippen molar-refractivity contribution in [3.63, 3.8) is 0 Å². The van der Waals surface area contributed by atoms with Gasteiger partial charge in [-0.15, -0.1) is 0 Å². The molecule has 0 unspecified atom stereocenters. The molecule has 0 atom stereocenters. The fourth-order valence-electron chi connectivity index (χ4n) is 3.63. The van der Waals surface area contributed by atoms with Crippen LogP contribution < -0.4 is 10.9 Å². The van der Waals surface area contributed by atoms with Gasteiger partial charge in [-0.3, -0.25) is 4.79 Å². The van der Waals surface area contributed by atoms with E-state index in [1.165, 1.54) is 31.7 Å². The van der Waals surface area contributed by atoms with Crippen LogP contribution in [0.1, 0.15) is 56.1 Å². The van der Waals surface area contributed by atoms with Gasteiger partial charge in [-0.1, -0.05) is 25.7 Å². The fourth-order valence-corrected chi connectivity index (χ4v) is 3.63. The van der Waals surface area contributed by atoms with E-state index in [0.29, 0.717) is 17.6 Å². The first kappa shape index (κ1) is 17.5. The average Bonchev–Trinajstić information content (AvgIpc) is 2.83. The molecule has 2 N–H and O–H groups in total. The summed E-state index contributed by atoms with van der Waals surface area (Å²) in [5.41, 5.74) is 1.29. The SMILES string of the molecule is Cc1c(CCC(=O)NC2CCCCCC2)c(=O)oc2cc(O)ccc12. The highest BCUT2D eigenvalue weighted by Gasteiger charge is 2.17. The van der Waals surface area contributed by atoms with Crippen LogP contribution in [0.4, 0.5) is 0 Å². The predicted molar refractivity (Wildman–Crippen MR) is 96.8 cm³/mol. The van der Waals surface area contributed by atoms with Gasteiger partial charge in [0.1, 0.15) is 11.3 Å². The molecule has 0 bridgehead atoms. The molecule has 0 aliphatic heterocycles. The number of hydrogen-bond acceptors (Lipinski definition) is 4. The van der Waals surface area contributed by atoms with Crippen molar-refractivity contribution in [3.8, 4) is 5.75 Å². The molecule has 5 nitrogen and oxygen atoms in total. The van der Waals surface area contributed by atoms with Crippen LogP contribution in [0.15, 0.2) is 27.4 Å². The molecule has 5 heteroatoms. The maximum absolute atomic E-state index is 12.3. The Kier molecular flexibility index (Phi) is 5.41. The van der Waals surface area contributed by atoms with Crippen molar-refractivity contribution in [3.05, 3.63) is 39.7 Å². The van der Waals surface area contributed by atoms with Gasteiger partial charge in [0, 0.05) is 29.5 Å². The maximum atomic E-state index is 12.3. The number of amides is 1. The van der Waals surface area contributed by atoms with Crippen LogP contribution in [0.5, 0.6) is 5.75 Å². The highest BCUT2D eigenvalue weighted by molar-refractivity contribution is 5.82. The summed E-state index contributed by atoms with van der Waals surface area (Å²) in [7, 11) is 0. The molecular formula is C20H25NO4. The number of aromatic hydroxyl groups is 1. The van der Waals surface area contributed by atoms with Gasteiger partial charge in [0.25, 0.3) is 0 Å². The second kappa shape index (κ2) is 7.72. The first-order valence-corrected chi connectivity index (χ1v) is 9.09. The summed E-state index contributed by atoms with van der Waals surface area (Å²) < 4.78 is 5.31. The van der Waals surface area contributed by atoms with Crippen LogP contribution in [0.25, 0.3) is 11.0 Å². The molecule has 1 heterocycles. The molecule has 0 spiro atoms. The summed E-state index contributed by atoms with van der Waals surface area (Å²) in [6.07, 6.45) is 7.59. The van der Waals surface area contributed by atoms with Crippen molar-refractivity contribution in [2.24, 2.45) is 0 Å². The molecule has 2 aromatic rings. The van der Waals surface area contributed by atoms with Crippen molar-refractivity contribution in [1.82, 2.24) is 5.32 Å². The van der Waals surface area contributed by atoms with Gasteiger partial charge >= 0.3 is 5.63 Å². The lowest BCUT2D eigenvalue weighted by Crippen LogP contribution is -2.34. The minimum Gasteiger partial charge on any atom is -0.508 e. The van der Waals surface area contributed by atoms with E-state index in [4.69, 9.17) is 4.42 Å². The Balaban J connectivity index is 1.69. The number of benzene rings is 1. The number of rotatable bonds is 4. The van der Waals surface area contributed by atoms with E-state index in [2.05, 4.69) is 5.32 Å². The van der Waals surface area contributed by atoms with Crippen molar-refractivity contribution >= 4 is 16.9 Å². The number of carbonyl (C=O) groups excluding carboxylic acids is 1. The Labute approximate surface area is 147 Å². The third-order valence-corrected chi connectivity index (χ3v) is 5.09. The van der Waals surface area contributed by atoms with Crippen molar-refractivity contribution in [1.29, 1.82) is 0 Å². The highest BCUT2D eigenvalue weighted by atomic mass is 16.4. The molecule has 1 fully saturated rings. The van der Waals surface area contributed by atoms with E-state index in [-0.39, 0.29) is 24.1 Å². The Morgan fingerprint density at radius 3 is 2.68 bits per heavy atom. The van der Waals surface area contributed by atoms with Crippen LogP contribution >= 0.6 is 0 Å². The Morgan fingerprint density at radius 1 is 1.24 bits per heavy atom. The van der Waals surface area contributed by atoms with Crippen molar-refractivity contribution < 1.29 is 14.3 Å². The second-order valence-corrected chi connectivity index (χ2v) is 6.93. The number of hydrogen-bond donors (Lipinski definition) is 2. The fraction of sp³-hybridized carbons (Fsp3) is 0.500. The molecule has 0 saturated heterocycles. The molecule has 1 aromatic heterocycles. The number of carbonyl (C=O) groups is 1. The van der Waals surface area contributed by atoms with Gasteiger partial charge in [-0.2, -0.15) is 0 Å². The second-order valence-electron chi connectivity index (χ2n) is 6.93. The van der Waals surface area contributed by atoms with E-state index in [0.717, 1.165) is 23.8 Å². The van der Waals surface area contributed by atoms with E-state index < -0.39 is 5.63 Å². The quantitative estimate of drug-likeness (QED) is 0.657. The minimum absolute atomic E-state index is 0.00324. The van der Waals surface area contributed by atoms with Crippen LogP contribution in [0.3, 0.4) is 0 Å². The number of fused-ring (bicyclic) bond motifs is 1. The molecule has 3 rings (SSSR count). The normalized spacial score (nSPS) is 15.9. The zero-order valence-electron chi connectivity index (χ0n) is 14.6. The highest BCUT2D eigenvalue weighted by Crippen LogP contribution is 2.24. The van der Waals surface area contributed by atoms with Gasteiger partial charge in [0.05, 0.1) is 0 Å². The topological polar surface area (TPSA) is 79.5 Å². The lowest BCUT2D eigenvalue weighted by Gasteiger charge is -2.16. The molecule has 1 aliphatic rings. The number of aryl methyl sites for hydroxylation is 1. The third-order valence-electron chi connectivity index (χ3n) is 5.09. The molecule has 1 amide bonds. The van der Waals surface area contributed by atoms with Crippen LogP contribution in [0, 0.1) is 6.92 Å². The molecule has 1 saturated carbocycles. The first-order valence-electron chi connectivity index (χ1n) is 9.09. The minimum atomic E-state index is -0.433. The summed E-state index contributed by atoms with van der Waals surface area (Å²) in [6.45, 7) is 1.86. The molecule has 25 heavy (non-hydrogen) atoms. The molecule has 0 radical (unpaired) electrons. The number of nitrogens with one attached hydrogen (secondary N) is 1. The van der Waals surface area contributed by atoms with Crippen LogP contribution in [-0.2, 0) is 11.2 Å². The smallest absolute Gasteiger partial charge is 0.339 e. The van der Waals surface area contributed by atoms with E-state index >= 15 is 0 Å². The summed E-state index contributed by atoms with van der Waals surface area (Å²) >= 11 is 0. The summed E-state index contributed by atoms with van der Waals surface area (Å²) in [5.74, 6) is 0.0575. The van der Waals surface area contributed by atoms with E-state index in [1.807, 2.05) is 6.92 Å². The predicted octanol–water partition coefficient (Wildman–Crippen LogP) is 3.58. The maximum Gasteiger partial charge on any atom is 0.339 e. The average molecular weight is 343 g/mol. The number of phenolic OH excluding ortho intramolecular Hbond substituents is 1. The lowest BCUT2D eigenvalue weighted by atomic mass is 10.0. The van der Waals surface area contributed by atoms with Crippen molar-refractivity contribution in [2.45, 2.75) is 64.3 Å². The van der Waals surface area contributed by atoms with Crippen LogP contribution in [0.2, 0.25) is 0 Å². The molecule has 1 aromatic carbocycles. The van der Waals surface area contributed by atoms with Gasteiger partial charge in [-0.05, 0) is 43.9 Å². The molecule has 134 valence electrons. The van der Waals surface area contributed by atoms with Crippen LogP contribution in [-0.4, -0.2) is 17.1 Å². The molecule has 1 aliphatic carbocycles. The van der Waals surface area contributed by atoms with Gasteiger partial charge in [-0.25, -0.2) is 4.79 Å². The summed E-state index contributed by atoms with van der Waals surface area (Å²) in [5, 5.41) is 13.4. The molecular weight excluding hydrogens is 318 g/mol. The van der Waals surface area contributed by atoms with E-state index in [1.54, 1.807) is 12.1 Å². The number of phenols is 1. The monoisotopic (exact) mass is 343 g/mol. The zero-order chi connectivity index (χ0) is 17.8. The zero-order valence-corrected chi connectivity index (χ0v) is 14.6. The van der Waals surface area contributed by atoms with Gasteiger partial charge < -0.3 is 14.8 Å². The Hall–Kier alpha value is -2.30.